The average molecular weight is 411 g/mol. The molecule has 4 aromatic rings. The van der Waals surface area contributed by atoms with Gasteiger partial charge in [0.2, 0.25) is 0 Å². The van der Waals surface area contributed by atoms with Crippen LogP contribution < -0.4 is 17.0 Å². The molecule has 0 aliphatic heterocycles. The number of carboxylic acids is 1. The molecule has 0 fully saturated rings. The zero-order valence-corrected chi connectivity index (χ0v) is 16.3. The average Bonchev–Trinajstić information content (AvgIpc) is 3.04. The first kappa shape index (κ1) is 20.2. The summed E-state index contributed by atoms with van der Waals surface area (Å²) in [4.78, 5) is 25.0. The van der Waals surface area contributed by atoms with Crippen LogP contribution in [0.4, 0.5) is 15.8 Å². The minimum absolute atomic E-state index is 0. The number of benzene rings is 2. The summed E-state index contributed by atoms with van der Waals surface area (Å²) in [6, 6.07) is 16.5. The highest BCUT2D eigenvalue weighted by Crippen LogP contribution is 2.38. The van der Waals surface area contributed by atoms with Crippen molar-refractivity contribution in [1.82, 2.24) is 10.7 Å². The summed E-state index contributed by atoms with van der Waals surface area (Å²) in [5, 5.41) is 13.4. The number of fused-ring (bicyclic) bond motifs is 1. The Bertz CT molecular complexity index is 1270. The van der Waals surface area contributed by atoms with Gasteiger partial charge in [0.05, 0.1) is 11.4 Å². The molecule has 4 rings (SSSR count). The van der Waals surface area contributed by atoms with Gasteiger partial charge in [-0.3, -0.25) is 9.36 Å². The fourth-order valence-electron chi connectivity index (χ4n) is 3.04. The number of hydrogen-bond acceptors (Lipinski definition) is 5. The third kappa shape index (κ3) is 3.63. The quantitative estimate of drug-likeness (QED) is 0.433. The van der Waals surface area contributed by atoms with Crippen molar-refractivity contribution < 1.29 is 14.3 Å². The van der Waals surface area contributed by atoms with Crippen LogP contribution in [-0.2, 0) is 0 Å². The molecule has 0 unspecified atom stereocenters. The van der Waals surface area contributed by atoms with Crippen LogP contribution in [0.25, 0.3) is 15.9 Å². The first-order valence-corrected chi connectivity index (χ1v) is 9.28. The summed E-state index contributed by atoms with van der Waals surface area (Å²) in [5.41, 5.74) is 1.80. The molecule has 0 aliphatic carbocycles. The number of aryl methyl sites for hydroxylation is 1. The van der Waals surface area contributed by atoms with E-state index >= 15 is 0 Å². The summed E-state index contributed by atoms with van der Waals surface area (Å²) in [6.07, 6.45) is 0. The normalized spacial score (nSPS) is 10.6. The lowest BCUT2D eigenvalue weighted by atomic mass is 10.2. The van der Waals surface area contributed by atoms with Crippen molar-refractivity contribution in [3.63, 3.8) is 0 Å². The van der Waals surface area contributed by atoms with Gasteiger partial charge in [0.1, 0.15) is 15.5 Å². The van der Waals surface area contributed by atoms with E-state index in [0.717, 1.165) is 11.3 Å². The van der Waals surface area contributed by atoms with Crippen molar-refractivity contribution in [3.05, 3.63) is 87.3 Å². The Kier molecular flexibility index (Phi) is 5.49. The number of carboxylic acid groups (broad SMARTS) is 1. The Hall–Kier alpha value is -3.49. The second kappa shape index (κ2) is 7.86. The monoisotopic (exact) mass is 411 g/mol. The second-order valence-corrected chi connectivity index (χ2v) is 7.26. The fraction of sp³-hybridized carbons (Fsp3) is 0.0476. The third-order valence-corrected chi connectivity index (χ3v) is 5.56. The molecule has 5 N–H and O–H groups in total. The first-order valence-electron chi connectivity index (χ1n) is 8.46. The van der Waals surface area contributed by atoms with Gasteiger partial charge in [0.15, 0.2) is 0 Å². The maximum atomic E-state index is 13.6. The highest BCUT2D eigenvalue weighted by Gasteiger charge is 2.21. The van der Waals surface area contributed by atoms with Crippen LogP contribution in [0.5, 0.6) is 0 Å². The second-order valence-electron chi connectivity index (χ2n) is 6.26. The molecule has 8 heteroatoms. The first-order chi connectivity index (χ1) is 13.5. The van der Waals surface area contributed by atoms with E-state index in [2.05, 4.69) is 5.32 Å². The molecule has 6 nitrogen and oxygen atoms in total. The van der Waals surface area contributed by atoms with Gasteiger partial charge in [-0.15, -0.1) is 11.3 Å². The van der Waals surface area contributed by atoms with E-state index in [0.29, 0.717) is 32.8 Å². The van der Waals surface area contributed by atoms with E-state index in [4.69, 9.17) is 0 Å². The molecule has 0 spiro atoms. The zero-order chi connectivity index (χ0) is 19.8. The molecule has 0 atom stereocenters. The summed E-state index contributed by atoms with van der Waals surface area (Å²) in [7, 11) is 0. The SMILES string of the molecule is Cc1cc(Nc2c(C(=O)O)sc3c2ccc(=O)n3-c2ccccc2)ccc1F.N. The van der Waals surface area contributed by atoms with Gasteiger partial charge in [-0.1, -0.05) is 18.2 Å². The number of carbonyl (C=O) groups is 1. The smallest absolute Gasteiger partial charge is 0.348 e. The standard InChI is InChI=1S/C21H15FN2O3S.H3N/c1-12-11-13(7-9-16(12)22)23-18-15-8-10-17(25)24(14-5-3-2-4-6-14)20(15)28-19(18)21(26)27;/h2-11,23H,1H3,(H,26,27);1H3. The summed E-state index contributed by atoms with van der Waals surface area (Å²) in [5.74, 6) is -1.44. The van der Waals surface area contributed by atoms with E-state index in [1.165, 1.54) is 16.7 Å². The highest BCUT2D eigenvalue weighted by molar-refractivity contribution is 7.21. The van der Waals surface area contributed by atoms with Gasteiger partial charge in [0.25, 0.3) is 5.56 Å². The number of pyridine rings is 1. The Morgan fingerprint density at radius 2 is 1.83 bits per heavy atom. The maximum absolute atomic E-state index is 13.6. The molecular formula is C21H18FN3O3S. The van der Waals surface area contributed by atoms with Crippen molar-refractivity contribution in [3.8, 4) is 5.69 Å². The van der Waals surface area contributed by atoms with Gasteiger partial charge in [-0.05, 0) is 48.9 Å². The Morgan fingerprint density at radius 3 is 2.48 bits per heavy atom. The Labute approximate surface area is 169 Å². The molecule has 0 radical (unpaired) electrons. The number of nitrogens with one attached hydrogen (secondary N) is 1. The van der Waals surface area contributed by atoms with E-state index in [1.807, 2.05) is 18.2 Å². The minimum atomic E-state index is -1.10. The lowest BCUT2D eigenvalue weighted by molar-refractivity contribution is 0.0703. The number of aromatic carboxylic acids is 1. The van der Waals surface area contributed by atoms with E-state index in [9.17, 15) is 19.1 Å². The van der Waals surface area contributed by atoms with Crippen molar-refractivity contribution in [1.29, 1.82) is 0 Å². The van der Waals surface area contributed by atoms with Crippen molar-refractivity contribution in [2.45, 2.75) is 6.92 Å². The van der Waals surface area contributed by atoms with Crippen LogP contribution in [0.15, 0.2) is 65.5 Å². The number of halogens is 1. The number of rotatable bonds is 4. The van der Waals surface area contributed by atoms with Gasteiger partial charge in [-0.25, -0.2) is 9.18 Å². The molecule has 0 aliphatic rings. The van der Waals surface area contributed by atoms with Gasteiger partial charge in [0, 0.05) is 17.1 Å². The van der Waals surface area contributed by atoms with Crippen LogP contribution in [0, 0.1) is 12.7 Å². The zero-order valence-electron chi connectivity index (χ0n) is 15.5. The van der Waals surface area contributed by atoms with Crippen LogP contribution in [0.3, 0.4) is 0 Å². The topological polar surface area (TPSA) is 106 Å². The van der Waals surface area contributed by atoms with E-state index in [1.54, 1.807) is 37.3 Å². The highest BCUT2D eigenvalue weighted by atomic mass is 32.1. The molecule has 0 saturated heterocycles. The van der Waals surface area contributed by atoms with Gasteiger partial charge < -0.3 is 16.6 Å². The van der Waals surface area contributed by atoms with Crippen molar-refractivity contribution >= 4 is 38.9 Å². The van der Waals surface area contributed by atoms with Crippen LogP contribution >= 0.6 is 11.3 Å². The Balaban J connectivity index is 0.00000240. The van der Waals surface area contributed by atoms with Crippen LogP contribution in [0.2, 0.25) is 0 Å². The number of aromatic nitrogens is 1. The molecule has 0 saturated carbocycles. The molecule has 0 amide bonds. The number of nitrogens with zero attached hydrogens (tertiary/aromatic N) is 1. The number of hydrogen-bond donors (Lipinski definition) is 3. The summed E-state index contributed by atoms with van der Waals surface area (Å²) < 4.78 is 15.1. The van der Waals surface area contributed by atoms with Crippen molar-refractivity contribution in [2.24, 2.45) is 0 Å². The number of thiophene rings is 1. The summed E-state index contributed by atoms with van der Waals surface area (Å²) >= 11 is 1.02. The van der Waals surface area contributed by atoms with Gasteiger partial charge >= 0.3 is 5.97 Å². The number of anilines is 2. The van der Waals surface area contributed by atoms with E-state index < -0.39 is 5.97 Å². The number of para-hydroxylation sites is 1. The molecule has 2 aromatic carbocycles. The molecule has 0 bridgehead atoms. The van der Waals surface area contributed by atoms with E-state index in [-0.39, 0.29) is 22.4 Å². The molecule has 2 aromatic heterocycles. The lowest BCUT2D eigenvalue weighted by Crippen LogP contribution is -2.16. The molecular weight excluding hydrogens is 393 g/mol. The van der Waals surface area contributed by atoms with Gasteiger partial charge in [-0.2, -0.15) is 0 Å². The lowest BCUT2D eigenvalue weighted by Gasteiger charge is -2.09. The fourth-order valence-corrected chi connectivity index (χ4v) is 4.16. The van der Waals surface area contributed by atoms with Crippen molar-refractivity contribution in [2.75, 3.05) is 5.32 Å². The minimum Gasteiger partial charge on any atom is -0.477 e. The molecule has 29 heavy (non-hydrogen) atoms. The molecule has 2 heterocycles. The summed E-state index contributed by atoms with van der Waals surface area (Å²) in [6.45, 7) is 1.64. The third-order valence-electron chi connectivity index (χ3n) is 4.38. The maximum Gasteiger partial charge on any atom is 0.348 e. The predicted octanol–water partition coefficient (Wildman–Crippen LogP) is 5.10. The predicted molar refractivity (Wildman–Crippen MR) is 114 cm³/mol. The van der Waals surface area contributed by atoms with Crippen LogP contribution in [0.1, 0.15) is 15.2 Å². The Morgan fingerprint density at radius 1 is 1.10 bits per heavy atom. The molecule has 148 valence electrons. The van der Waals surface area contributed by atoms with Crippen LogP contribution in [-0.4, -0.2) is 15.6 Å². The largest absolute Gasteiger partial charge is 0.477 e.